The zero-order valence-corrected chi connectivity index (χ0v) is 28.8. The van der Waals surface area contributed by atoms with E-state index in [2.05, 4.69) is 191 Å². The molecular weight excluding hydrogens is 645 g/mol. The lowest BCUT2D eigenvalue weighted by atomic mass is 10.0. The smallest absolute Gasteiger partial charge is 0.137 e. The molecule has 0 aliphatic heterocycles. The molecule has 2 heterocycles. The Hall–Kier alpha value is -7.10. The Balaban J connectivity index is 1.13. The van der Waals surface area contributed by atoms with Gasteiger partial charge in [-0.25, -0.2) is 0 Å². The fourth-order valence-electron chi connectivity index (χ4n) is 8.22. The summed E-state index contributed by atoms with van der Waals surface area (Å²) >= 11 is 0. The van der Waals surface area contributed by atoms with Crippen molar-refractivity contribution in [3.63, 3.8) is 0 Å². The third-order valence-electron chi connectivity index (χ3n) is 10.7. The number of furan rings is 1. The largest absolute Gasteiger partial charge is 0.456 e. The van der Waals surface area contributed by atoms with Gasteiger partial charge in [0.2, 0.25) is 0 Å². The molecule has 248 valence electrons. The minimum Gasteiger partial charge on any atom is -0.456 e. The summed E-state index contributed by atoms with van der Waals surface area (Å²) in [5.74, 6) is 0. The van der Waals surface area contributed by atoms with Crippen molar-refractivity contribution in [3.8, 4) is 16.8 Å². The second-order valence-electron chi connectivity index (χ2n) is 13.8. The van der Waals surface area contributed by atoms with Gasteiger partial charge >= 0.3 is 0 Å². The molecule has 0 radical (unpaired) electrons. The number of hydrogen-bond donors (Lipinski definition) is 0. The number of benzene rings is 9. The van der Waals surface area contributed by atoms with Crippen molar-refractivity contribution in [3.05, 3.63) is 194 Å². The number of rotatable bonds is 5. The maximum Gasteiger partial charge on any atom is 0.137 e. The highest BCUT2D eigenvalue weighted by Gasteiger charge is 2.20. The van der Waals surface area contributed by atoms with Gasteiger partial charge in [0.15, 0.2) is 0 Å². The van der Waals surface area contributed by atoms with Gasteiger partial charge in [-0.15, -0.1) is 0 Å². The van der Waals surface area contributed by atoms with Crippen LogP contribution in [0.4, 0.5) is 17.1 Å². The molecule has 0 aliphatic rings. The SMILES string of the molecule is c1ccc(-n2c3cc(N(c4ccc(-c5ccc6ccccc6c5)cc4)c4ccc5c(c4)oc4ccccc45)ccc3c3ccc4ccccc4c32)cc1. The molecule has 0 unspecified atom stereocenters. The standard InChI is InChI=1S/C50H32N2O/c1-2-13-38(14-3-1)52-47-31-40(25-28-43(47)46-27-22-35-11-6-7-15-42(35)50(46)52)51(41-26-29-45-44-16-8-9-17-48(44)53-49(45)32-41)39-23-20-34(21-24-39)37-19-18-33-10-4-5-12-36(33)30-37/h1-32H. The zero-order chi connectivity index (χ0) is 34.9. The monoisotopic (exact) mass is 676 g/mol. The Bertz CT molecular complexity index is 3170. The number of nitrogens with zero attached hydrogens (tertiary/aromatic N) is 2. The minimum atomic E-state index is 0.868. The molecule has 11 aromatic rings. The van der Waals surface area contributed by atoms with E-state index in [9.17, 15) is 0 Å². The van der Waals surface area contributed by atoms with Gasteiger partial charge in [-0.2, -0.15) is 0 Å². The highest BCUT2D eigenvalue weighted by atomic mass is 16.3. The Kier molecular flexibility index (Phi) is 6.55. The van der Waals surface area contributed by atoms with Gasteiger partial charge < -0.3 is 13.9 Å². The Morgan fingerprint density at radius 2 is 0.962 bits per heavy atom. The van der Waals surface area contributed by atoms with Crippen LogP contribution in [0.3, 0.4) is 0 Å². The Morgan fingerprint density at radius 3 is 1.81 bits per heavy atom. The first-order valence-corrected chi connectivity index (χ1v) is 18.1. The number of para-hydroxylation sites is 2. The van der Waals surface area contributed by atoms with Crippen LogP contribution >= 0.6 is 0 Å². The van der Waals surface area contributed by atoms with Crippen LogP contribution in [0.1, 0.15) is 0 Å². The molecule has 3 nitrogen and oxygen atoms in total. The highest BCUT2D eigenvalue weighted by Crippen LogP contribution is 2.43. The van der Waals surface area contributed by atoms with Crippen LogP contribution in [-0.4, -0.2) is 4.57 Å². The molecule has 53 heavy (non-hydrogen) atoms. The number of anilines is 3. The predicted octanol–water partition coefficient (Wildman–Crippen LogP) is 14.1. The van der Waals surface area contributed by atoms with Crippen LogP contribution in [0, 0.1) is 0 Å². The average Bonchev–Trinajstić information content (AvgIpc) is 3.77. The first kappa shape index (κ1) is 29.6. The van der Waals surface area contributed by atoms with Crippen LogP contribution in [0.15, 0.2) is 199 Å². The molecule has 0 atom stereocenters. The number of aromatic nitrogens is 1. The van der Waals surface area contributed by atoms with E-state index in [-0.39, 0.29) is 0 Å². The van der Waals surface area contributed by atoms with Crippen LogP contribution < -0.4 is 4.90 Å². The molecule has 0 saturated carbocycles. The van der Waals surface area contributed by atoms with Gasteiger partial charge in [-0.3, -0.25) is 0 Å². The maximum atomic E-state index is 6.42. The van der Waals surface area contributed by atoms with E-state index >= 15 is 0 Å². The molecule has 9 aromatic carbocycles. The first-order valence-electron chi connectivity index (χ1n) is 18.1. The van der Waals surface area contributed by atoms with Crippen LogP contribution in [0.5, 0.6) is 0 Å². The van der Waals surface area contributed by atoms with Gasteiger partial charge in [0, 0.05) is 55.7 Å². The molecular formula is C50H32N2O. The van der Waals surface area contributed by atoms with E-state index < -0.39 is 0 Å². The molecule has 2 aromatic heterocycles. The number of hydrogen-bond acceptors (Lipinski definition) is 2. The summed E-state index contributed by atoms with van der Waals surface area (Å²) in [5, 5.41) is 9.65. The van der Waals surface area contributed by atoms with Gasteiger partial charge in [0.05, 0.1) is 11.0 Å². The molecule has 0 N–H and O–H groups in total. The van der Waals surface area contributed by atoms with E-state index in [0.29, 0.717) is 0 Å². The van der Waals surface area contributed by atoms with Gasteiger partial charge in [-0.05, 0) is 87.9 Å². The summed E-state index contributed by atoms with van der Waals surface area (Å²) in [6, 6.07) is 69.8. The van der Waals surface area contributed by atoms with E-state index in [1.807, 2.05) is 12.1 Å². The van der Waals surface area contributed by atoms with Crippen molar-refractivity contribution in [2.75, 3.05) is 4.90 Å². The summed E-state index contributed by atoms with van der Waals surface area (Å²) < 4.78 is 8.85. The van der Waals surface area contributed by atoms with Crippen molar-refractivity contribution < 1.29 is 4.42 Å². The predicted molar refractivity (Wildman–Crippen MR) is 223 cm³/mol. The number of fused-ring (bicyclic) bond motifs is 9. The fraction of sp³-hybridized carbons (Fsp3) is 0. The topological polar surface area (TPSA) is 21.3 Å². The van der Waals surface area contributed by atoms with Crippen molar-refractivity contribution in [2.24, 2.45) is 0 Å². The summed E-state index contributed by atoms with van der Waals surface area (Å²) in [6.07, 6.45) is 0. The Labute approximate surface area is 306 Å². The second kappa shape index (κ2) is 11.7. The third-order valence-corrected chi connectivity index (χ3v) is 10.7. The minimum absolute atomic E-state index is 0.868. The molecule has 11 rings (SSSR count). The van der Waals surface area contributed by atoms with Crippen molar-refractivity contribution in [1.82, 2.24) is 4.57 Å². The fourth-order valence-corrected chi connectivity index (χ4v) is 8.22. The maximum absolute atomic E-state index is 6.42. The van der Waals surface area contributed by atoms with Gasteiger partial charge in [0.25, 0.3) is 0 Å². The second-order valence-corrected chi connectivity index (χ2v) is 13.8. The molecule has 0 spiro atoms. The lowest BCUT2D eigenvalue weighted by molar-refractivity contribution is 0.669. The molecule has 0 fully saturated rings. The lowest BCUT2D eigenvalue weighted by Crippen LogP contribution is -2.10. The van der Waals surface area contributed by atoms with Crippen LogP contribution in [0.2, 0.25) is 0 Å². The molecule has 3 heteroatoms. The van der Waals surface area contributed by atoms with Gasteiger partial charge in [-0.1, -0.05) is 127 Å². The average molecular weight is 677 g/mol. The van der Waals surface area contributed by atoms with Crippen molar-refractivity contribution in [2.45, 2.75) is 0 Å². The highest BCUT2D eigenvalue weighted by molar-refractivity contribution is 6.19. The normalized spacial score (nSPS) is 11.8. The van der Waals surface area contributed by atoms with E-state index in [0.717, 1.165) is 50.2 Å². The summed E-state index contributed by atoms with van der Waals surface area (Å²) in [6.45, 7) is 0. The summed E-state index contributed by atoms with van der Waals surface area (Å²) in [4.78, 5) is 2.35. The van der Waals surface area contributed by atoms with Crippen LogP contribution in [0.25, 0.3) is 82.1 Å². The summed E-state index contributed by atoms with van der Waals surface area (Å²) in [5.41, 5.74) is 10.8. The molecule has 0 bridgehead atoms. The first-order chi connectivity index (χ1) is 26.3. The Morgan fingerprint density at radius 1 is 0.358 bits per heavy atom. The van der Waals surface area contributed by atoms with Crippen LogP contribution in [-0.2, 0) is 0 Å². The lowest BCUT2D eigenvalue weighted by Gasteiger charge is -2.26. The van der Waals surface area contributed by atoms with Crippen molar-refractivity contribution in [1.29, 1.82) is 0 Å². The van der Waals surface area contributed by atoms with Gasteiger partial charge in [0.1, 0.15) is 11.2 Å². The summed E-state index contributed by atoms with van der Waals surface area (Å²) in [7, 11) is 0. The van der Waals surface area contributed by atoms with Crippen molar-refractivity contribution >= 4 is 82.4 Å². The van der Waals surface area contributed by atoms with E-state index in [4.69, 9.17) is 4.42 Å². The van der Waals surface area contributed by atoms with E-state index in [1.54, 1.807) is 0 Å². The molecule has 0 aliphatic carbocycles. The molecule has 0 saturated heterocycles. The quantitative estimate of drug-likeness (QED) is 0.181. The zero-order valence-electron chi connectivity index (χ0n) is 28.8. The molecule has 0 amide bonds. The van der Waals surface area contributed by atoms with E-state index in [1.165, 1.54) is 49.0 Å². The third kappa shape index (κ3) is 4.75.